The molecule has 7 rings (SSSR count). The maximum Gasteiger partial charge on any atom is 0.210 e. The third kappa shape index (κ3) is 2.83. The van der Waals surface area contributed by atoms with Crippen molar-refractivity contribution in [2.75, 3.05) is 4.90 Å². The van der Waals surface area contributed by atoms with Crippen LogP contribution in [0.25, 0.3) is 0 Å². The van der Waals surface area contributed by atoms with Crippen molar-refractivity contribution in [3.05, 3.63) is 143 Å². The topological polar surface area (TPSA) is 50.3 Å². The van der Waals surface area contributed by atoms with E-state index in [9.17, 15) is 8.42 Å². The summed E-state index contributed by atoms with van der Waals surface area (Å²) in [7, 11) is -3.74. The van der Waals surface area contributed by atoms with Crippen LogP contribution in [0.2, 0.25) is 0 Å². The maximum absolute atomic E-state index is 14.1. The maximum atomic E-state index is 14.1. The summed E-state index contributed by atoms with van der Waals surface area (Å²) >= 11 is 0. The van der Waals surface area contributed by atoms with Gasteiger partial charge in [0.05, 0.1) is 26.6 Å². The lowest BCUT2D eigenvalue weighted by molar-refractivity contribution is 0.593. The predicted molar refractivity (Wildman–Crippen MR) is 146 cm³/mol. The lowest BCUT2D eigenvalue weighted by Crippen LogP contribution is -2.40. The number of rotatable bonds is 3. The van der Waals surface area contributed by atoms with Gasteiger partial charge in [-0.25, -0.2) is 13.4 Å². The molecule has 0 saturated heterocycles. The zero-order valence-electron chi connectivity index (χ0n) is 20.3. The lowest BCUT2D eigenvalue weighted by Gasteiger charge is -2.47. The highest BCUT2D eigenvalue weighted by molar-refractivity contribution is 7.92. The van der Waals surface area contributed by atoms with Crippen LogP contribution >= 0.6 is 0 Å². The van der Waals surface area contributed by atoms with Crippen molar-refractivity contribution in [1.29, 1.82) is 0 Å². The van der Waals surface area contributed by atoms with Crippen molar-refractivity contribution < 1.29 is 8.42 Å². The normalized spacial score (nSPS) is 15.9. The third-order valence-corrected chi connectivity index (χ3v) is 9.53. The van der Waals surface area contributed by atoms with Gasteiger partial charge in [0.2, 0.25) is 9.84 Å². The molecule has 0 radical (unpaired) electrons. The smallest absolute Gasteiger partial charge is 0.210 e. The number of para-hydroxylation sites is 1. The molecule has 0 atom stereocenters. The van der Waals surface area contributed by atoms with Crippen molar-refractivity contribution in [2.45, 2.75) is 28.6 Å². The van der Waals surface area contributed by atoms with Crippen LogP contribution in [-0.4, -0.2) is 13.4 Å². The molecular weight excluding hydrogens is 476 g/mol. The van der Waals surface area contributed by atoms with Crippen molar-refractivity contribution >= 4 is 27.0 Å². The first-order valence-electron chi connectivity index (χ1n) is 12.5. The molecule has 0 saturated carbocycles. The van der Waals surface area contributed by atoms with Crippen LogP contribution in [0.15, 0.2) is 125 Å². The van der Waals surface area contributed by atoms with E-state index in [1.54, 1.807) is 18.3 Å². The van der Waals surface area contributed by atoms with Gasteiger partial charge in [0.15, 0.2) is 0 Å². The van der Waals surface area contributed by atoms with Gasteiger partial charge in [0.25, 0.3) is 0 Å². The Morgan fingerprint density at radius 3 is 2.08 bits per heavy atom. The molecule has 0 spiro atoms. The minimum Gasteiger partial charge on any atom is -0.292 e. The van der Waals surface area contributed by atoms with E-state index in [1.165, 1.54) is 0 Å². The van der Waals surface area contributed by atoms with Crippen LogP contribution < -0.4 is 4.90 Å². The Labute approximate surface area is 216 Å². The number of pyridine rings is 1. The molecule has 0 fully saturated rings. The standard InChI is InChI=1S/C32H24N2O2S/c1-2-22-18-19-28-27(21-22)34-30-25(15-9-17-29(30)37(28,35)36)32(23-11-5-3-6-12-23,24-13-7-4-8-14-24)26-16-10-20-33-31(26)34/h3-21H,2H2,1H3. The van der Waals surface area contributed by atoms with Gasteiger partial charge in [-0.1, -0.05) is 91.9 Å². The number of sulfone groups is 1. The summed E-state index contributed by atoms with van der Waals surface area (Å²) in [6, 6.07) is 36.1. The number of aromatic nitrogens is 1. The van der Waals surface area contributed by atoms with Gasteiger partial charge in [0, 0.05) is 11.8 Å². The molecule has 3 heterocycles. The summed E-state index contributed by atoms with van der Waals surface area (Å²) in [4.78, 5) is 7.63. The van der Waals surface area contributed by atoms with Crippen LogP contribution in [0.5, 0.6) is 0 Å². The quantitative estimate of drug-likeness (QED) is 0.263. The minimum absolute atomic E-state index is 0.314. The molecule has 2 aliphatic rings. The van der Waals surface area contributed by atoms with E-state index in [4.69, 9.17) is 4.98 Å². The molecule has 2 aliphatic heterocycles. The number of fused-ring (bicyclic) bond motifs is 4. The van der Waals surface area contributed by atoms with E-state index in [-0.39, 0.29) is 0 Å². The van der Waals surface area contributed by atoms with Gasteiger partial charge < -0.3 is 0 Å². The average Bonchev–Trinajstić information content (AvgIpc) is 2.95. The second kappa shape index (κ2) is 7.89. The molecule has 0 amide bonds. The molecule has 0 bridgehead atoms. The van der Waals surface area contributed by atoms with Crippen molar-refractivity contribution in [2.24, 2.45) is 0 Å². The average molecular weight is 501 g/mol. The van der Waals surface area contributed by atoms with Gasteiger partial charge in [0.1, 0.15) is 5.82 Å². The van der Waals surface area contributed by atoms with Gasteiger partial charge in [-0.05, 0) is 52.9 Å². The summed E-state index contributed by atoms with van der Waals surface area (Å²) in [6.07, 6.45) is 2.60. The molecule has 4 aromatic carbocycles. The zero-order chi connectivity index (χ0) is 25.2. The van der Waals surface area contributed by atoms with Crippen LogP contribution in [0.1, 0.15) is 34.7 Å². The molecule has 0 aliphatic carbocycles. The fourth-order valence-corrected chi connectivity index (χ4v) is 7.72. The van der Waals surface area contributed by atoms with E-state index in [2.05, 4.69) is 48.2 Å². The summed E-state index contributed by atoms with van der Waals surface area (Å²) in [5.74, 6) is 0.750. The largest absolute Gasteiger partial charge is 0.292 e. The summed E-state index contributed by atoms with van der Waals surface area (Å²) in [5.41, 5.74) is 5.75. The monoisotopic (exact) mass is 500 g/mol. The van der Waals surface area contributed by atoms with Crippen molar-refractivity contribution in [3.8, 4) is 0 Å². The van der Waals surface area contributed by atoms with Gasteiger partial charge in [-0.2, -0.15) is 0 Å². The van der Waals surface area contributed by atoms with Gasteiger partial charge >= 0.3 is 0 Å². The Bertz CT molecular complexity index is 1740. The molecule has 180 valence electrons. The summed E-state index contributed by atoms with van der Waals surface area (Å²) in [5, 5.41) is 0. The number of hydrogen-bond donors (Lipinski definition) is 0. The second-order valence-electron chi connectivity index (χ2n) is 9.50. The first kappa shape index (κ1) is 22.0. The van der Waals surface area contributed by atoms with Crippen LogP contribution in [0, 0.1) is 0 Å². The summed E-state index contributed by atoms with van der Waals surface area (Å²) in [6.45, 7) is 2.08. The highest BCUT2D eigenvalue weighted by atomic mass is 32.2. The van der Waals surface area contributed by atoms with E-state index in [0.717, 1.165) is 40.1 Å². The van der Waals surface area contributed by atoms with Crippen molar-refractivity contribution in [1.82, 2.24) is 4.98 Å². The Hall–Kier alpha value is -4.22. The van der Waals surface area contributed by atoms with Crippen molar-refractivity contribution in [3.63, 3.8) is 0 Å². The van der Waals surface area contributed by atoms with Gasteiger partial charge in [-0.3, -0.25) is 4.90 Å². The molecule has 37 heavy (non-hydrogen) atoms. The van der Waals surface area contributed by atoms with E-state index in [1.807, 2.05) is 60.7 Å². The highest BCUT2D eigenvalue weighted by Gasteiger charge is 2.51. The van der Waals surface area contributed by atoms with Crippen LogP contribution in [0.3, 0.4) is 0 Å². The zero-order valence-corrected chi connectivity index (χ0v) is 21.1. The SMILES string of the molecule is CCc1ccc2c(c1)N1c3ncccc3C(c3ccccc3)(c3ccccc3)c3cccc(c31)S2(=O)=O. The molecule has 1 aromatic heterocycles. The highest BCUT2D eigenvalue weighted by Crippen LogP contribution is 2.61. The van der Waals surface area contributed by atoms with Crippen LogP contribution in [0.4, 0.5) is 17.2 Å². The van der Waals surface area contributed by atoms with E-state index >= 15 is 0 Å². The molecule has 0 unspecified atom stereocenters. The first-order chi connectivity index (χ1) is 18.1. The Morgan fingerprint density at radius 1 is 0.730 bits per heavy atom. The predicted octanol–water partition coefficient (Wildman–Crippen LogP) is 6.96. The first-order valence-corrected chi connectivity index (χ1v) is 13.9. The molecule has 5 heteroatoms. The summed E-state index contributed by atoms with van der Waals surface area (Å²) < 4.78 is 28.2. The van der Waals surface area contributed by atoms with E-state index < -0.39 is 15.3 Å². The molecule has 5 aromatic rings. The fraction of sp³-hybridized carbons (Fsp3) is 0.0938. The second-order valence-corrected chi connectivity index (χ2v) is 11.4. The lowest BCUT2D eigenvalue weighted by atomic mass is 9.63. The Morgan fingerprint density at radius 2 is 1.41 bits per heavy atom. The Kier molecular flexibility index (Phi) is 4.69. The Balaban J connectivity index is 1.70. The number of hydrogen-bond acceptors (Lipinski definition) is 4. The third-order valence-electron chi connectivity index (χ3n) is 7.69. The number of benzene rings is 4. The number of aryl methyl sites for hydroxylation is 1. The van der Waals surface area contributed by atoms with Gasteiger partial charge in [-0.15, -0.1) is 0 Å². The minimum atomic E-state index is -3.74. The molecule has 0 N–H and O–H groups in total. The number of nitrogens with zero attached hydrogens (tertiary/aromatic N) is 2. The molecular formula is C32H24N2O2S. The van der Waals surface area contributed by atoms with E-state index in [0.29, 0.717) is 21.2 Å². The molecule has 4 nitrogen and oxygen atoms in total. The number of anilines is 3. The fourth-order valence-electron chi connectivity index (χ4n) is 6.09. The van der Waals surface area contributed by atoms with Crippen LogP contribution in [-0.2, 0) is 21.7 Å².